The normalized spacial score (nSPS) is 12.4. The molecule has 0 saturated heterocycles. The number of nitrogens with zero attached hydrogens (tertiary/aromatic N) is 2. The Kier molecular flexibility index (Phi) is 11.8. The Balaban J connectivity index is 2.05. The van der Waals surface area contributed by atoms with Crippen molar-refractivity contribution in [3.63, 3.8) is 0 Å². The minimum absolute atomic E-state index is 0.101. The topological polar surface area (TPSA) is 86.8 Å². The number of hydrogen-bond donors (Lipinski definition) is 1. The molecule has 232 valence electrons. The fourth-order valence-corrected chi connectivity index (χ4v) is 6.01. The monoisotopic (exact) mass is 617 g/mol. The van der Waals surface area contributed by atoms with E-state index >= 15 is 0 Å². The minimum Gasteiger partial charge on any atom is -0.354 e. The number of sulfonamides is 1. The van der Waals surface area contributed by atoms with Crippen LogP contribution in [0, 0.1) is 6.92 Å². The van der Waals surface area contributed by atoms with Crippen LogP contribution in [0.1, 0.15) is 49.8 Å². The number of benzene rings is 3. The van der Waals surface area contributed by atoms with E-state index in [2.05, 4.69) is 5.32 Å². The molecule has 0 spiro atoms. The van der Waals surface area contributed by atoms with E-state index in [-0.39, 0.29) is 29.5 Å². The summed E-state index contributed by atoms with van der Waals surface area (Å²) in [5.41, 5.74) is 0.326. The van der Waals surface area contributed by atoms with Crippen molar-refractivity contribution in [3.8, 4) is 0 Å². The van der Waals surface area contributed by atoms with Crippen molar-refractivity contribution in [1.29, 1.82) is 0 Å². The molecular weight excluding hydrogens is 579 g/mol. The van der Waals surface area contributed by atoms with E-state index in [1.54, 1.807) is 26.0 Å². The Labute approximate surface area is 251 Å². The number of hydrogen-bond acceptors (Lipinski definition) is 4. The third kappa shape index (κ3) is 9.06. The average Bonchev–Trinajstić information content (AvgIpc) is 2.98. The van der Waals surface area contributed by atoms with E-state index in [1.165, 1.54) is 23.1 Å². The van der Waals surface area contributed by atoms with E-state index in [0.717, 1.165) is 36.1 Å². The molecule has 0 fully saturated rings. The Morgan fingerprint density at radius 1 is 0.930 bits per heavy atom. The first-order valence-corrected chi connectivity index (χ1v) is 15.7. The molecular formula is C32H38F3N3O4S. The largest absolute Gasteiger partial charge is 0.416 e. The van der Waals surface area contributed by atoms with Gasteiger partial charge in [-0.3, -0.25) is 13.9 Å². The van der Waals surface area contributed by atoms with E-state index in [4.69, 9.17) is 0 Å². The van der Waals surface area contributed by atoms with Gasteiger partial charge in [-0.25, -0.2) is 8.42 Å². The quantitative estimate of drug-likeness (QED) is 0.226. The number of nitrogens with one attached hydrogen (secondary N) is 1. The van der Waals surface area contributed by atoms with E-state index in [1.807, 2.05) is 37.3 Å². The summed E-state index contributed by atoms with van der Waals surface area (Å²) in [6.07, 6.45) is -2.48. The van der Waals surface area contributed by atoms with Crippen LogP contribution < -0.4 is 9.62 Å². The number of amides is 2. The van der Waals surface area contributed by atoms with Crippen LogP contribution in [0.2, 0.25) is 0 Å². The summed E-state index contributed by atoms with van der Waals surface area (Å²) in [6, 6.07) is 18.1. The molecule has 0 radical (unpaired) electrons. The molecule has 1 N–H and O–H groups in total. The van der Waals surface area contributed by atoms with Crippen molar-refractivity contribution in [2.75, 3.05) is 23.9 Å². The molecule has 0 aliphatic heterocycles. The molecule has 3 aromatic carbocycles. The van der Waals surface area contributed by atoms with Crippen molar-refractivity contribution in [3.05, 3.63) is 95.6 Å². The van der Waals surface area contributed by atoms with Crippen LogP contribution in [-0.4, -0.2) is 50.8 Å². The van der Waals surface area contributed by atoms with Gasteiger partial charge in [0.15, 0.2) is 0 Å². The van der Waals surface area contributed by atoms with Crippen LogP contribution in [0.4, 0.5) is 18.9 Å². The number of carbonyl (C=O) groups excluding carboxylic acids is 2. The zero-order valence-electron chi connectivity index (χ0n) is 24.6. The van der Waals surface area contributed by atoms with Gasteiger partial charge in [0.2, 0.25) is 11.8 Å². The molecule has 0 aliphatic rings. The first-order valence-electron chi connectivity index (χ1n) is 14.3. The van der Waals surface area contributed by atoms with E-state index < -0.39 is 40.3 Å². The molecule has 0 heterocycles. The SMILES string of the molecule is CCCCNC(=O)[C@H](CC)N(CCc1ccccc1)C(=O)CN(c1cccc(C(F)(F)F)c1)S(=O)(=O)c1ccc(C)cc1. The van der Waals surface area contributed by atoms with Crippen LogP contribution in [0.5, 0.6) is 0 Å². The molecule has 0 bridgehead atoms. The van der Waals surface area contributed by atoms with Gasteiger partial charge < -0.3 is 10.2 Å². The first-order chi connectivity index (χ1) is 20.4. The second kappa shape index (κ2) is 15.0. The highest BCUT2D eigenvalue weighted by molar-refractivity contribution is 7.92. The highest BCUT2D eigenvalue weighted by atomic mass is 32.2. The van der Waals surface area contributed by atoms with Gasteiger partial charge in [-0.2, -0.15) is 13.2 Å². The molecule has 11 heteroatoms. The molecule has 0 saturated carbocycles. The van der Waals surface area contributed by atoms with Gasteiger partial charge in [-0.15, -0.1) is 0 Å². The number of aryl methyl sites for hydroxylation is 1. The maximum atomic E-state index is 14.0. The predicted octanol–water partition coefficient (Wildman–Crippen LogP) is 5.98. The maximum Gasteiger partial charge on any atom is 0.416 e. The van der Waals surface area contributed by atoms with Crippen molar-refractivity contribution in [2.45, 2.75) is 63.6 Å². The molecule has 3 aromatic rings. The summed E-state index contributed by atoms with van der Waals surface area (Å²) in [4.78, 5) is 28.4. The summed E-state index contributed by atoms with van der Waals surface area (Å²) in [6.45, 7) is 5.22. The average molecular weight is 618 g/mol. The van der Waals surface area contributed by atoms with Gasteiger partial charge in [0.05, 0.1) is 16.1 Å². The number of alkyl halides is 3. The smallest absolute Gasteiger partial charge is 0.354 e. The van der Waals surface area contributed by atoms with Gasteiger partial charge in [-0.05, 0) is 62.1 Å². The van der Waals surface area contributed by atoms with Gasteiger partial charge in [0, 0.05) is 13.1 Å². The highest BCUT2D eigenvalue weighted by Crippen LogP contribution is 2.33. The fraction of sp³-hybridized carbons (Fsp3) is 0.375. The Morgan fingerprint density at radius 2 is 1.60 bits per heavy atom. The molecule has 0 aliphatic carbocycles. The van der Waals surface area contributed by atoms with Gasteiger partial charge in [0.1, 0.15) is 12.6 Å². The fourth-order valence-electron chi connectivity index (χ4n) is 4.61. The number of rotatable bonds is 14. The first kappa shape index (κ1) is 33.6. The van der Waals surface area contributed by atoms with Gasteiger partial charge in [0.25, 0.3) is 10.0 Å². The van der Waals surface area contributed by atoms with E-state index in [0.29, 0.717) is 23.3 Å². The predicted molar refractivity (Wildman–Crippen MR) is 161 cm³/mol. The molecule has 1 atom stereocenters. The standard InChI is InChI=1S/C32H38F3N3O4S/c1-4-6-20-36-31(40)29(5-2)37(21-19-25-11-8-7-9-12-25)30(39)23-38(27-14-10-13-26(22-27)32(33,34)35)43(41,42)28-17-15-24(3)16-18-28/h7-18,22,29H,4-6,19-21,23H2,1-3H3,(H,36,40)/t29-/m0/s1. The molecule has 3 rings (SSSR count). The summed E-state index contributed by atoms with van der Waals surface area (Å²) in [5.74, 6) is -1.08. The number of unbranched alkanes of at least 4 members (excludes halogenated alkanes) is 1. The van der Waals surface area contributed by atoms with E-state index in [9.17, 15) is 31.2 Å². The zero-order valence-corrected chi connectivity index (χ0v) is 25.4. The Morgan fingerprint density at radius 3 is 2.21 bits per heavy atom. The lowest BCUT2D eigenvalue weighted by atomic mass is 10.1. The van der Waals surface area contributed by atoms with Crippen LogP contribution in [0.3, 0.4) is 0 Å². The van der Waals surface area contributed by atoms with Crippen LogP contribution >= 0.6 is 0 Å². The lowest BCUT2D eigenvalue weighted by molar-refractivity contribution is -0.139. The number of carbonyl (C=O) groups is 2. The highest BCUT2D eigenvalue weighted by Gasteiger charge is 2.35. The molecule has 43 heavy (non-hydrogen) atoms. The summed E-state index contributed by atoms with van der Waals surface area (Å²) in [7, 11) is -4.48. The summed E-state index contributed by atoms with van der Waals surface area (Å²) >= 11 is 0. The Bertz CT molecular complexity index is 1460. The van der Waals surface area contributed by atoms with Crippen LogP contribution in [0.25, 0.3) is 0 Å². The van der Waals surface area contributed by atoms with Crippen molar-refractivity contribution < 1.29 is 31.2 Å². The molecule has 2 amide bonds. The van der Waals surface area contributed by atoms with Crippen molar-refractivity contribution >= 4 is 27.5 Å². The van der Waals surface area contributed by atoms with Crippen molar-refractivity contribution in [1.82, 2.24) is 10.2 Å². The lowest BCUT2D eigenvalue weighted by Crippen LogP contribution is -2.53. The van der Waals surface area contributed by atoms with Crippen LogP contribution in [-0.2, 0) is 32.2 Å². The Hall–Kier alpha value is -3.86. The number of anilines is 1. The maximum absolute atomic E-state index is 14.0. The number of halogens is 3. The minimum atomic E-state index is -4.73. The second-order valence-electron chi connectivity index (χ2n) is 10.3. The van der Waals surface area contributed by atoms with Crippen molar-refractivity contribution in [2.24, 2.45) is 0 Å². The zero-order chi connectivity index (χ0) is 31.6. The molecule has 0 unspecified atom stereocenters. The molecule has 7 nitrogen and oxygen atoms in total. The van der Waals surface area contributed by atoms with Crippen LogP contribution in [0.15, 0.2) is 83.8 Å². The third-order valence-corrected chi connectivity index (χ3v) is 8.84. The summed E-state index contributed by atoms with van der Waals surface area (Å²) < 4.78 is 69.3. The third-order valence-electron chi connectivity index (χ3n) is 7.05. The summed E-state index contributed by atoms with van der Waals surface area (Å²) in [5, 5.41) is 2.85. The lowest BCUT2D eigenvalue weighted by Gasteiger charge is -2.33. The molecule has 0 aromatic heterocycles. The van der Waals surface area contributed by atoms with Gasteiger partial charge in [-0.1, -0.05) is 74.4 Å². The van der Waals surface area contributed by atoms with Gasteiger partial charge >= 0.3 is 6.18 Å². The second-order valence-corrected chi connectivity index (χ2v) is 12.1.